The number of amides is 1. The molecule has 7 heteroatoms. The van der Waals surface area contributed by atoms with Gasteiger partial charge in [0.05, 0.1) is 22.7 Å². The second-order valence-electron chi connectivity index (χ2n) is 6.15. The minimum absolute atomic E-state index is 0.140. The standard InChI is InChI=1S/C20H21N3O3S/c1-14-12-15(2)23(22-14)17-7-5-16(6-8-17)13-26-19(24)9-10-21-20(25)18-4-3-11-27-18/h3-8,11-12H,9-10,13H2,1-2H3,(H,21,25). The molecule has 0 fully saturated rings. The van der Waals surface area contributed by atoms with Crippen LogP contribution in [-0.4, -0.2) is 28.2 Å². The number of aryl methyl sites for hydroxylation is 2. The third-order valence-corrected chi connectivity index (χ3v) is 4.82. The number of aromatic nitrogens is 2. The summed E-state index contributed by atoms with van der Waals surface area (Å²) < 4.78 is 7.14. The Morgan fingerprint density at radius 3 is 2.59 bits per heavy atom. The molecule has 1 aromatic carbocycles. The van der Waals surface area contributed by atoms with E-state index in [1.165, 1.54) is 11.3 Å². The zero-order chi connectivity index (χ0) is 19.2. The maximum absolute atomic E-state index is 11.8. The Kier molecular flexibility index (Phi) is 6.03. The number of rotatable bonds is 7. The molecule has 0 spiro atoms. The average Bonchev–Trinajstić information content (AvgIpc) is 3.30. The lowest BCUT2D eigenvalue weighted by molar-refractivity contribution is -0.144. The van der Waals surface area contributed by atoms with Crippen LogP contribution in [0.5, 0.6) is 0 Å². The number of carbonyl (C=O) groups excluding carboxylic acids is 2. The number of hydrogen-bond acceptors (Lipinski definition) is 5. The molecular formula is C20H21N3O3S. The number of benzene rings is 1. The number of hydrogen-bond donors (Lipinski definition) is 1. The first kappa shape index (κ1) is 18.8. The first-order chi connectivity index (χ1) is 13.0. The maximum Gasteiger partial charge on any atom is 0.307 e. The van der Waals surface area contributed by atoms with Gasteiger partial charge in [0, 0.05) is 12.2 Å². The molecule has 0 bridgehead atoms. The van der Waals surface area contributed by atoms with Gasteiger partial charge in [-0.25, -0.2) is 4.68 Å². The summed E-state index contributed by atoms with van der Waals surface area (Å²) in [7, 11) is 0. The highest BCUT2D eigenvalue weighted by molar-refractivity contribution is 7.12. The fourth-order valence-electron chi connectivity index (χ4n) is 2.63. The molecular weight excluding hydrogens is 362 g/mol. The number of thiophene rings is 1. The zero-order valence-electron chi connectivity index (χ0n) is 15.3. The van der Waals surface area contributed by atoms with Crippen molar-refractivity contribution >= 4 is 23.2 Å². The molecule has 0 aliphatic rings. The molecule has 27 heavy (non-hydrogen) atoms. The quantitative estimate of drug-likeness (QED) is 0.635. The zero-order valence-corrected chi connectivity index (χ0v) is 16.1. The summed E-state index contributed by atoms with van der Waals surface area (Å²) in [6.45, 7) is 4.43. The number of nitrogens with zero attached hydrogens (tertiary/aromatic N) is 2. The Morgan fingerprint density at radius 1 is 1.19 bits per heavy atom. The van der Waals surface area contributed by atoms with Crippen molar-refractivity contribution in [2.45, 2.75) is 26.9 Å². The third kappa shape index (κ3) is 5.04. The number of esters is 1. The predicted octanol–water partition coefficient (Wildman–Crippen LogP) is 3.41. The van der Waals surface area contributed by atoms with E-state index in [4.69, 9.17) is 4.74 Å². The van der Waals surface area contributed by atoms with Crippen LogP contribution in [0.25, 0.3) is 5.69 Å². The fraction of sp³-hybridized carbons (Fsp3) is 0.250. The van der Waals surface area contributed by atoms with Crippen molar-refractivity contribution in [3.63, 3.8) is 0 Å². The number of ether oxygens (including phenoxy) is 1. The van der Waals surface area contributed by atoms with Crippen molar-refractivity contribution in [3.05, 3.63) is 69.7 Å². The van der Waals surface area contributed by atoms with Crippen molar-refractivity contribution in [3.8, 4) is 5.69 Å². The summed E-state index contributed by atoms with van der Waals surface area (Å²) in [6.07, 6.45) is 0.140. The molecule has 2 aromatic heterocycles. The van der Waals surface area contributed by atoms with Gasteiger partial charge in [-0.15, -0.1) is 11.3 Å². The molecule has 0 unspecified atom stereocenters. The molecule has 1 amide bonds. The van der Waals surface area contributed by atoms with Gasteiger partial charge in [-0.2, -0.15) is 5.10 Å². The van der Waals surface area contributed by atoms with Gasteiger partial charge in [0.1, 0.15) is 6.61 Å². The second-order valence-corrected chi connectivity index (χ2v) is 7.10. The van der Waals surface area contributed by atoms with Crippen LogP contribution in [0.1, 0.15) is 33.0 Å². The summed E-state index contributed by atoms with van der Waals surface area (Å²) >= 11 is 1.36. The van der Waals surface area contributed by atoms with E-state index in [-0.39, 0.29) is 31.4 Å². The van der Waals surface area contributed by atoms with Crippen LogP contribution in [0.4, 0.5) is 0 Å². The van der Waals surface area contributed by atoms with Crippen molar-refractivity contribution in [2.24, 2.45) is 0 Å². The lowest BCUT2D eigenvalue weighted by Crippen LogP contribution is -2.25. The third-order valence-electron chi connectivity index (χ3n) is 3.95. The molecule has 2 heterocycles. The monoisotopic (exact) mass is 383 g/mol. The van der Waals surface area contributed by atoms with E-state index in [1.807, 2.05) is 60.3 Å². The topological polar surface area (TPSA) is 73.2 Å². The molecule has 140 valence electrons. The van der Waals surface area contributed by atoms with E-state index in [9.17, 15) is 9.59 Å². The molecule has 0 aliphatic heterocycles. The van der Waals surface area contributed by atoms with Gasteiger partial charge in [-0.1, -0.05) is 18.2 Å². The average molecular weight is 383 g/mol. The summed E-state index contributed by atoms with van der Waals surface area (Å²) in [4.78, 5) is 24.2. The van der Waals surface area contributed by atoms with Gasteiger partial charge < -0.3 is 10.1 Å². The van der Waals surface area contributed by atoms with Crippen LogP contribution in [0.3, 0.4) is 0 Å². The van der Waals surface area contributed by atoms with Crippen LogP contribution in [0, 0.1) is 13.8 Å². The fourth-order valence-corrected chi connectivity index (χ4v) is 3.27. The first-order valence-electron chi connectivity index (χ1n) is 8.63. The van der Waals surface area contributed by atoms with Crippen LogP contribution in [0.2, 0.25) is 0 Å². The van der Waals surface area contributed by atoms with Crippen molar-refractivity contribution < 1.29 is 14.3 Å². The van der Waals surface area contributed by atoms with E-state index in [2.05, 4.69) is 10.4 Å². The lowest BCUT2D eigenvalue weighted by Gasteiger charge is -2.08. The van der Waals surface area contributed by atoms with E-state index in [1.54, 1.807) is 6.07 Å². The molecule has 3 aromatic rings. The largest absolute Gasteiger partial charge is 0.461 e. The van der Waals surface area contributed by atoms with Gasteiger partial charge in [0.15, 0.2) is 0 Å². The van der Waals surface area contributed by atoms with E-state index >= 15 is 0 Å². The Bertz CT molecular complexity index is 915. The van der Waals surface area contributed by atoms with Gasteiger partial charge in [0.25, 0.3) is 5.91 Å². The van der Waals surface area contributed by atoms with Crippen LogP contribution < -0.4 is 5.32 Å². The number of carbonyl (C=O) groups is 2. The van der Waals surface area contributed by atoms with E-state index < -0.39 is 0 Å². The predicted molar refractivity (Wildman–Crippen MR) is 104 cm³/mol. The Hall–Kier alpha value is -2.93. The highest BCUT2D eigenvalue weighted by Crippen LogP contribution is 2.14. The maximum atomic E-state index is 11.8. The van der Waals surface area contributed by atoms with Crippen molar-refractivity contribution in [2.75, 3.05) is 6.54 Å². The minimum Gasteiger partial charge on any atom is -0.461 e. The van der Waals surface area contributed by atoms with Crippen LogP contribution >= 0.6 is 11.3 Å². The van der Waals surface area contributed by atoms with Crippen LogP contribution in [0.15, 0.2) is 47.8 Å². The summed E-state index contributed by atoms with van der Waals surface area (Å²) in [5.41, 5.74) is 3.90. The molecule has 0 aliphatic carbocycles. The Morgan fingerprint density at radius 2 is 1.96 bits per heavy atom. The molecule has 0 radical (unpaired) electrons. The lowest BCUT2D eigenvalue weighted by atomic mass is 10.2. The van der Waals surface area contributed by atoms with Crippen LogP contribution in [-0.2, 0) is 16.1 Å². The van der Waals surface area contributed by atoms with Gasteiger partial charge in [-0.3, -0.25) is 9.59 Å². The smallest absolute Gasteiger partial charge is 0.307 e. The molecule has 0 saturated heterocycles. The van der Waals surface area contributed by atoms with Crippen molar-refractivity contribution in [1.82, 2.24) is 15.1 Å². The van der Waals surface area contributed by atoms with E-state index in [0.717, 1.165) is 22.6 Å². The first-order valence-corrected chi connectivity index (χ1v) is 9.51. The molecule has 1 N–H and O–H groups in total. The summed E-state index contributed by atoms with van der Waals surface area (Å²) in [5, 5.41) is 8.99. The summed E-state index contributed by atoms with van der Waals surface area (Å²) in [5.74, 6) is -0.512. The van der Waals surface area contributed by atoms with Gasteiger partial charge >= 0.3 is 5.97 Å². The minimum atomic E-state index is -0.343. The highest BCUT2D eigenvalue weighted by Gasteiger charge is 2.09. The second kappa shape index (κ2) is 8.64. The molecule has 0 saturated carbocycles. The Balaban J connectivity index is 1.43. The number of nitrogens with one attached hydrogen (secondary N) is 1. The van der Waals surface area contributed by atoms with Gasteiger partial charge in [0.2, 0.25) is 0 Å². The SMILES string of the molecule is Cc1cc(C)n(-c2ccc(COC(=O)CCNC(=O)c3cccs3)cc2)n1. The van der Waals surface area contributed by atoms with E-state index in [0.29, 0.717) is 4.88 Å². The molecule has 3 rings (SSSR count). The van der Waals surface area contributed by atoms with Crippen molar-refractivity contribution in [1.29, 1.82) is 0 Å². The molecule has 0 atom stereocenters. The summed E-state index contributed by atoms with van der Waals surface area (Å²) in [6, 6.07) is 13.3. The Labute approximate surface area is 161 Å². The normalized spacial score (nSPS) is 10.6. The highest BCUT2D eigenvalue weighted by atomic mass is 32.1. The molecule has 6 nitrogen and oxygen atoms in total. The van der Waals surface area contributed by atoms with Gasteiger partial charge in [-0.05, 0) is 49.1 Å².